The molecule has 0 atom stereocenters. The van der Waals surface area contributed by atoms with E-state index in [1.807, 2.05) is 4.90 Å². The molecular formula is C16H31NO2. The minimum absolute atomic E-state index is 0.0965. The third kappa shape index (κ3) is 6.42. The summed E-state index contributed by atoms with van der Waals surface area (Å²) in [5, 5.41) is 9.05. The van der Waals surface area contributed by atoms with E-state index in [-0.39, 0.29) is 12.5 Å². The minimum Gasteiger partial charge on any atom is -0.395 e. The maximum absolute atomic E-state index is 12.1. The summed E-state index contributed by atoms with van der Waals surface area (Å²) in [6.07, 6.45) is 12.9. The molecule has 1 amide bonds. The van der Waals surface area contributed by atoms with Crippen molar-refractivity contribution in [2.45, 2.75) is 83.6 Å². The summed E-state index contributed by atoms with van der Waals surface area (Å²) in [4.78, 5) is 14.0. The Morgan fingerprint density at radius 3 is 2.26 bits per heavy atom. The summed E-state index contributed by atoms with van der Waals surface area (Å²) in [5.74, 6) is 0.257. The Morgan fingerprint density at radius 2 is 1.74 bits per heavy atom. The molecule has 1 N–H and O–H groups in total. The highest BCUT2D eigenvalue weighted by Gasteiger charge is 2.27. The number of aliphatic hydroxyl groups excluding tert-OH is 1. The van der Waals surface area contributed by atoms with E-state index in [0.29, 0.717) is 19.0 Å². The molecule has 1 fully saturated rings. The van der Waals surface area contributed by atoms with Crippen LogP contribution in [0.5, 0.6) is 0 Å². The average molecular weight is 269 g/mol. The zero-order valence-electron chi connectivity index (χ0n) is 12.6. The summed E-state index contributed by atoms with van der Waals surface area (Å²) in [6.45, 7) is 2.86. The van der Waals surface area contributed by atoms with E-state index in [9.17, 15) is 4.79 Å². The number of carbonyl (C=O) groups excluding carboxylic acids is 1. The monoisotopic (exact) mass is 269 g/mol. The lowest BCUT2D eigenvalue weighted by Gasteiger charge is -2.37. The Morgan fingerprint density at radius 1 is 1.11 bits per heavy atom. The molecule has 0 radical (unpaired) electrons. The van der Waals surface area contributed by atoms with Gasteiger partial charge in [0.2, 0.25) is 5.91 Å². The Hall–Kier alpha value is -0.570. The maximum Gasteiger partial charge on any atom is 0.222 e. The van der Waals surface area contributed by atoms with Gasteiger partial charge in [0.05, 0.1) is 6.61 Å². The molecule has 0 aromatic carbocycles. The number of hydrogen-bond acceptors (Lipinski definition) is 2. The van der Waals surface area contributed by atoms with Crippen LogP contribution in [-0.2, 0) is 4.79 Å². The van der Waals surface area contributed by atoms with Crippen LogP contribution in [0.3, 0.4) is 0 Å². The van der Waals surface area contributed by atoms with Crippen LogP contribution in [0, 0.1) is 0 Å². The Bertz CT molecular complexity index is 239. The first-order valence-corrected chi connectivity index (χ1v) is 8.20. The summed E-state index contributed by atoms with van der Waals surface area (Å²) in [5.41, 5.74) is 0. The van der Waals surface area contributed by atoms with E-state index in [0.717, 1.165) is 19.3 Å². The van der Waals surface area contributed by atoms with Gasteiger partial charge in [-0.05, 0) is 25.7 Å². The van der Waals surface area contributed by atoms with Crippen LogP contribution in [0.2, 0.25) is 0 Å². The topological polar surface area (TPSA) is 40.5 Å². The van der Waals surface area contributed by atoms with Crippen LogP contribution in [0.15, 0.2) is 0 Å². The van der Waals surface area contributed by atoms with Crippen molar-refractivity contribution in [3.63, 3.8) is 0 Å². The highest BCUT2D eigenvalue weighted by atomic mass is 16.3. The standard InChI is InChI=1S/C16H31NO2/c1-2-3-4-5-6-7-8-12-16(19)17(13-14-18)15-10-9-11-15/h15,18H,2-14H2,1H3. The van der Waals surface area contributed by atoms with Crippen molar-refractivity contribution in [2.24, 2.45) is 0 Å². The van der Waals surface area contributed by atoms with E-state index >= 15 is 0 Å². The van der Waals surface area contributed by atoms with Crippen molar-refractivity contribution >= 4 is 5.91 Å². The molecule has 0 aliphatic heterocycles. The first kappa shape index (κ1) is 16.5. The number of carbonyl (C=O) groups is 1. The number of hydrogen-bond donors (Lipinski definition) is 1. The molecule has 0 bridgehead atoms. The lowest BCUT2D eigenvalue weighted by molar-refractivity contribution is -0.136. The van der Waals surface area contributed by atoms with Gasteiger partial charge in [0.1, 0.15) is 0 Å². The normalized spacial score (nSPS) is 15.3. The summed E-state index contributed by atoms with van der Waals surface area (Å²) in [6, 6.07) is 0.421. The van der Waals surface area contributed by atoms with Gasteiger partial charge in [-0.1, -0.05) is 45.4 Å². The summed E-state index contributed by atoms with van der Waals surface area (Å²) in [7, 11) is 0. The molecule has 1 aliphatic rings. The molecule has 0 heterocycles. The third-order valence-electron chi connectivity index (χ3n) is 4.17. The molecular weight excluding hydrogens is 238 g/mol. The fraction of sp³-hybridized carbons (Fsp3) is 0.938. The third-order valence-corrected chi connectivity index (χ3v) is 4.17. The summed E-state index contributed by atoms with van der Waals surface area (Å²) < 4.78 is 0. The minimum atomic E-state index is 0.0965. The van der Waals surface area contributed by atoms with Gasteiger partial charge in [0.25, 0.3) is 0 Å². The fourth-order valence-corrected chi connectivity index (χ4v) is 2.69. The van der Waals surface area contributed by atoms with Crippen molar-refractivity contribution in [1.29, 1.82) is 0 Å². The predicted molar refractivity (Wildman–Crippen MR) is 79.0 cm³/mol. The number of unbranched alkanes of at least 4 members (excludes halogenated alkanes) is 6. The van der Waals surface area contributed by atoms with E-state index < -0.39 is 0 Å². The van der Waals surface area contributed by atoms with E-state index in [1.165, 1.54) is 44.9 Å². The zero-order chi connectivity index (χ0) is 13.9. The SMILES string of the molecule is CCCCCCCCCC(=O)N(CCO)C1CCC1. The quantitative estimate of drug-likeness (QED) is 0.583. The van der Waals surface area contributed by atoms with Gasteiger partial charge < -0.3 is 10.0 Å². The Balaban J connectivity index is 2.07. The van der Waals surface area contributed by atoms with Gasteiger partial charge in [-0.25, -0.2) is 0 Å². The van der Waals surface area contributed by atoms with Crippen LogP contribution in [0.1, 0.15) is 77.6 Å². The largest absolute Gasteiger partial charge is 0.395 e. The van der Waals surface area contributed by atoms with Crippen LogP contribution in [0.4, 0.5) is 0 Å². The lowest BCUT2D eigenvalue weighted by atomic mass is 9.91. The van der Waals surface area contributed by atoms with Crippen molar-refractivity contribution in [3.8, 4) is 0 Å². The van der Waals surface area contributed by atoms with Crippen molar-refractivity contribution < 1.29 is 9.90 Å². The van der Waals surface area contributed by atoms with Gasteiger partial charge in [-0.2, -0.15) is 0 Å². The maximum atomic E-state index is 12.1. The molecule has 0 aromatic heterocycles. The Kier molecular flexibility index (Phi) is 8.89. The molecule has 0 aromatic rings. The summed E-state index contributed by atoms with van der Waals surface area (Å²) >= 11 is 0. The van der Waals surface area contributed by atoms with Crippen LogP contribution in [-0.4, -0.2) is 35.1 Å². The van der Waals surface area contributed by atoms with Crippen LogP contribution in [0.25, 0.3) is 0 Å². The van der Waals surface area contributed by atoms with Gasteiger partial charge in [-0.3, -0.25) is 4.79 Å². The highest BCUT2D eigenvalue weighted by Crippen LogP contribution is 2.25. The van der Waals surface area contributed by atoms with Crippen molar-refractivity contribution in [3.05, 3.63) is 0 Å². The average Bonchev–Trinajstić information content (AvgIpc) is 2.35. The molecule has 0 unspecified atom stereocenters. The molecule has 19 heavy (non-hydrogen) atoms. The second kappa shape index (κ2) is 10.2. The number of aliphatic hydroxyl groups is 1. The number of amides is 1. The van der Waals surface area contributed by atoms with Gasteiger partial charge in [-0.15, -0.1) is 0 Å². The highest BCUT2D eigenvalue weighted by molar-refractivity contribution is 5.76. The molecule has 1 aliphatic carbocycles. The van der Waals surface area contributed by atoms with Crippen LogP contribution < -0.4 is 0 Å². The lowest BCUT2D eigenvalue weighted by Crippen LogP contribution is -2.45. The molecule has 112 valence electrons. The molecule has 3 heteroatoms. The molecule has 1 rings (SSSR count). The Labute approximate surface area is 118 Å². The first-order chi connectivity index (χ1) is 9.29. The van der Waals surface area contributed by atoms with E-state index in [2.05, 4.69) is 6.92 Å². The van der Waals surface area contributed by atoms with E-state index in [1.54, 1.807) is 0 Å². The zero-order valence-corrected chi connectivity index (χ0v) is 12.6. The van der Waals surface area contributed by atoms with E-state index in [4.69, 9.17) is 5.11 Å². The van der Waals surface area contributed by atoms with Crippen LogP contribution >= 0.6 is 0 Å². The number of nitrogens with zero attached hydrogens (tertiary/aromatic N) is 1. The number of rotatable bonds is 11. The van der Waals surface area contributed by atoms with Gasteiger partial charge in [0, 0.05) is 19.0 Å². The smallest absolute Gasteiger partial charge is 0.222 e. The molecule has 0 spiro atoms. The predicted octanol–water partition coefficient (Wildman–Crippen LogP) is 3.50. The second-order valence-electron chi connectivity index (χ2n) is 5.77. The van der Waals surface area contributed by atoms with Crippen molar-refractivity contribution in [2.75, 3.05) is 13.2 Å². The molecule has 1 saturated carbocycles. The van der Waals surface area contributed by atoms with Gasteiger partial charge in [0.15, 0.2) is 0 Å². The second-order valence-corrected chi connectivity index (χ2v) is 5.77. The van der Waals surface area contributed by atoms with Gasteiger partial charge >= 0.3 is 0 Å². The fourth-order valence-electron chi connectivity index (χ4n) is 2.69. The molecule has 3 nitrogen and oxygen atoms in total. The first-order valence-electron chi connectivity index (χ1n) is 8.20. The van der Waals surface area contributed by atoms with Crippen molar-refractivity contribution in [1.82, 2.24) is 4.90 Å². The molecule has 0 saturated heterocycles.